The third kappa shape index (κ3) is 5.12. The lowest BCUT2D eigenvalue weighted by Gasteiger charge is -2.24. The monoisotopic (exact) mass is 288 g/mol. The van der Waals surface area contributed by atoms with Gasteiger partial charge in [0.2, 0.25) is 0 Å². The Bertz CT molecular complexity index is 414. The van der Waals surface area contributed by atoms with Crippen LogP contribution in [-0.2, 0) is 13.0 Å². The summed E-state index contributed by atoms with van der Waals surface area (Å²) in [5.41, 5.74) is 3.06. The van der Waals surface area contributed by atoms with Crippen LogP contribution >= 0.6 is 0 Å². The van der Waals surface area contributed by atoms with E-state index in [1.54, 1.807) is 0 Å². The molecule has 1 fully saturated rings. The molecule has 2 rings (SSSR count). The van der Waals surface area contributed by atoms with Crippen LogP contribution < -0.4 is 5.32 Å². The van der Waals surface area contributed by atoms with Crippen LogP contribution in [0.5, 0.6) is 0 Å². The minimum atomic E-state index is 0.732. The fourth-order valence-corrected chi connectivity index (χ4v) is 3.35. The van der Waals surface area contributed by atoms with Crippen molar-refractivity contribution in [2.75, 3.05) is 19.6 Å². The van der Waals surface area contributed by atoms with Crippen LogP contribution in [0.1, 0.15) is 51.2 Å². The second-order valence-corrected chi connectivity index (χ2v) is 6.79. The Morgan fingerprint density at radius 3 is 2.71 bits per heavy atom. The summed E-state index contributed by atoms with van der Waals surface area (Å²) >= 11 is 0. The molecule has 1 N–H and O–H groups in total. The van der Waals surface area contributed by atoms with Crippen molar-refractivity contribution in [3.63, 3.8) is 0 Å². The van der Waals surface area contributed by atoms with Gasteiger partial charge in [-0.3, -0.25) is 4.90 Å². The molecule has 1 saturated heterocycles. The predicted molar refractivity (Wildman–Crippen MR) is 91.6 cm³/mol. The summed E-state index contributed by atoms with van der Waals surface area (Å²) in [4.78, 5) is 2.68. The summed E-state index contributed by atoms with van der Waals surface area (Å²) in [6.07, 6.45) is 5.19. The average Bonchev–Trinajstić information content (AvgIpc) is 2.92. The van der Waals surface area contributed by atoms with Crippen LogP contribution in [0.4, 0.5) is 0 Å². The van der Waals surface area contributed by atoms with Gasteiger partial charge in [0.05, 0.1) is 0 Å². The lowest BCUT2D eigenvalue weighted by Crippen LogP contribution is -2.29. The maximum atomic E-state index is 3.56. The number of nitrogens with one attached hydrogen (secondary N) is 1. The summed E-state index contributed by atoms with van der Waals surface area (Å²) in [5, 5.41) is 3.56. The zero-order valence-corrected chi connectivity index (χ0v) is 14.1. The van der Waals surface area contributed by atoms with Crippen molar-refractivity contribution < 1.29 is 0 Å². The second kappa shape index (κ2) is 8.55. The van der Waals surface area contributed by atoms with E-state index in [9.17, 15) is 0 Å². The van der Waals surface area contributed by atoms with E-state index in [1.807, 2.05) is 0 Å². The van der Waals surface area contributed by atoms with Crippen LogP contribution in [0.2, 0.25) is 0 Å². The molecular formula is C19H32N2. The third-order valence-electron chi connectivity index (χ3n) is 4.59. The molecule has 1 aromatic carbocycles. The number of benzene rings is 1. The van der Waals surface area contributed by atoms with Crippen LogP contribution in [0.15, 0.2) is 24.3 Å². The van der Waals surface area contributed by atoms with Gasteiger partial charge in [-0.1, -0.05) is 45.0 Å². The summed E-state index contributed by atoms with van der Waals surface area (Å²) < 4.78 is 0. The number of rotatable bonds is 8. The SMILES string of the molecule is CCC1CCCN1Cc1ccccc1CCNCC(C)C. The Morgan fingerprint density at radius 1 is 1.24 bits per heavy atom. The molecule has 118 valence electrons. The topological polar surface area (TPSA) is 15.3 Å². The molecule has 2 nitrogen and oxygen atoms in total. The van der Waals surface area contributed by atoms with E-state index >= 15 is 0 Å². The fourth-order valence-electron chi connectivity index (χ4n) is 3.35. The van der Waals surface area contributed by atoms with E-state index in [0.717, 1.165) is 38.0 Å². The van der Waals surface area contributed by atoms with Crippen molar-refractivity contribution in [3.05, 3.63) is 35.4 Å². The third-order valence-corrected chi connectivity index (χ3v) is 4.59. The molecule has 0 amide bonds. The molecule has 1 aromatic rings. The first-order valence-corrected chi connectivity index (χ1v) is 8.72. The van der Waals surface area contributed by atoms with E-state index in [2.05, 4.69) is 55.3 Å². The highest BCUT2D eigenvalue weighted by Crippen LogP contribution is 2.23. The Hall–Kier alpha value is -0.860. The fraction of sp³-hybridized carbons (Fsp3) is 0.684. The van der Waals surface area contributed by atoms with Gasteiger partial charge in [-0.25, -0.2) is 0 Å². The molecule has 0 radical (unpaired) electrons. The Kier molecular flexibility index (Phi) is 6.72. The van der Waals surface area contributed by atoms with Crippen molar-refractivity contribution in [3.8, 4) is 0 Å². The molecule has 0 bridgehead atoms. The van der Waals surface area contributed by atoms with Crippen LogP contribution in [-0.4, -0.2) is 30.6 Å². The number of likely N-dealkylation sites (tertiary alicyclic amines) is 1. The van der Waals surface area contributed by atoms with Crippen molar-refractivity contribution >= 4 is 0 Å². The second-order valence-electron chi connectivity index (χ2n) is 6.79. The van der Waals surface area contributed by atoms with Crippen LogP contribution in [0.3, 0.4) is 0 Å². The van der Waals surface area contributed by atoms with Gasteiger partial charge in [-0.2, -0.15) is 0 Å². The van der Waals surface area contributed by atoms with Gasteiger partial charge in [-0.05, 0) is 62.4 Å². The normalized spacial score (nSPS) is 19.5. The van der Waals surface area contributed by atoms with Crippen molar-refractivity contribution in [2.24, 2.45) is 5.92 Å². The molecule has 21 heavy (non-hydrogen) atoms. The molecule has 0 aromatic heterocycles. The van der Waals surface area contributed by atoms with E-state index in [4.69, 9.17) is 0 Å². The van der Waals surface area contributed by atoms with Gasteiger partial charge in [0.1, 0.15) is 0 Å². The molecule has 1 heterocycles. The van der Waals surface area contributed by atoms with E-state index in [-0.39, 0.29) is 0 Å². The van der Waals surface area contributed by atoms with Crippen molar-refractivity contribution in [2.45, 2.75) is 59.0 Å². The highest BCUT2D eigenvalue weighted by molar-refractivity contribution is 5.27. The molecule has 2 heteroatoms. The summed E-state index contributed by atoms with van der Waals surface area (Å²) in [6, 6.07) is 9.81. The lowest BCUT2D eigenvalue weighted by molar-refractivity contribution is 0.239. The zero-order chi connectivity index (χ0) is 15.1. The van der Waals surface area contributed by atoms with E-state index in [0.29, 0.717) is 0 Å². The average molecular weight is 288 g/mol. The molecule has 1 atom stereocenters. The van der Waals surface area contributed by atoms with E-state index < -0.39 is 0 Å². The first-order valence-electron chi connectivity index (χ1n) is 8.72. The molecule has 1 aliphatic heterocycles. The minimum absolute atomic E-state index is 0.732. The highest BCUT2D eigenvalue weighted by Gasteiger charge is 2.23. The number of hydrogen-bond acceptors (Lipinski definition) is 2. The minimum Gasteiger partial charge on any atom is -0.316 e. The maximum Gasteiger partial charge on any atom is 0.0239 e. The highest BCUT2D eigenvalue weighted by atomic mass is 15.2. The van der Waals surface area contributed by atoms with Gasteiger partial charge in [0.15, 0.2) is 0 Å². The van der Waals surface area contributed by atoms with Gasteiger partial charge in [-0.15, -0.1) is 0 Å². The molecule has 1 unspecified atom stereocenters. The molecule has 0 saturated carbocycles. The smallest absolute Gasteiger partial charge is 0.0239 e. The lowest BCUT2D eigenvalue weighted by atomic mass is 10.0. The molecule has 0 spiro atoms. The first-order chi connectivity index (χ1) is 10.2. The van der Waals surface area contributed by atoms with Gasteiger partial charge < -0.3 is 5.32 Å². The summed E-state index contributed by atoms with van der Waals surface area (Å²) in [7, 11) is 0. The molecule has 0 aliphatic carbocycles. The van der Waals surface area contributed by atoms with Gasteiger partial charge in [0.25, 0.3) is 0 Å². The maximum absolute atomic E-state index is 3.56. The number of nitrogens with zero attached hydrogens (tertiary/aromatic N) is 1. The number of hydrogen-bond donors (Lipinski definition) is 1. The van der Waals surface area contributed by atoms with Crippen LogP contribution in [0.25, 0.3) is 0 Å². The quantitative estimate of drug-likeness (QED) is 0.731. The molecule has 1 aliphatic rings. The standard InChI is InChI=1S/C19H32N2/c1-4-19-10-7-13-21(19)15-18-9-6-5-8-17(18)11-12-20-14-16(2)3/h5-6,8-9,16,19-20H,4,7,10-15H2,1-3H3. The van der Waals surface area contributed by atoms with E-state index in [1.165, 1.54) is 36.9 Å². The molecular weight excluding hydrogens is 256 g/mol. The summed E-state index contributed by atoms with van der Waals surface area (Å²) in [5.74, 6) is 0.732. The predicted octanol–water partition coefficient (Wildman–Crippen LogP) is 3.85. The van der Waals surface area contributed by atoms with Crippen molar-refractivity contribution in [1.29, 1.82) is 0 Å². The Morgan fingerprint density at radius 2 is 2.00 bits per heavy atom. The summed E-state index contributed by atoms with van der Waals surface area (Å²) in [6.45, 7) is 11.5. The van der Waals surface area contributed by atoms with Gasteiger partial charge in [0, 0.05) is 12.6 Å². The largest absolute Gasteiger partial charge is 0.316 e. The van der Waals surface area contributed by atoms with Gasteiger partial charge >= 0.3 is 0 Å². The zero-order valence-electron chi connectivity index (χ0n) is 14.1. The van der Waals surface area contributed by atoms with Crippen LogP contribution in [0, 0.1) is 5.92 Å². The Labute approximate surface area is 130 Å². The van der Waals surface area contributed by atoms with Crippen molar-refractivity contribution in [1.82, 2.24) is 10.2 Å². The first kappa shape index (κ1) is 16.5. The Balaban J connectivity index is 1.90.